The Labute approximate surface area is 586 Å². The molecule has 36 heteroatoms. The molecule has 0 bridgehead atoms. The molecule has 3 fully saturated rings. The molecule has 518 valence electrons. The van der Waals surface area contributed by atoms with Crippen LogP contribution in [0.5, 0.6) is 0 Å². The van der Waals surface area contributed by atoms with Gasteiger partial charge in [0.05, 0.1) is 50.3 Å². The Bertz CT molecular complexity index is 4340. The molecule has 24 nitrogen and oxygen atoms in total. The summed E-state index contributed by atoms with van der Waals surface area (Å²) < 4.78 is 133. The highest BCUT2D eigenvalue weighted by molar-refractivity contribution is 7.87. The molecule has 6 atom stereocenters. The highest BCUT2D eigenvalue weighted by atomic mass is 35.5. The highest BCUT2D eigenvalue weighted by Gasteiger charge is 2.44. The van der Waals surface area contributed by atoms with E-state index in [9.17, 15) is 52.8 Å². The predicted molar refractivity (Wildman–Crippen MR) is 374 cm³/mol. The zero-order valence-corrected chi connectivity index (χ0v) is 59.6. The number of aryl methyl sites for hydroxylation is 6. The minimum Gasteiger partial charge on any atom is -0.325 e. The fraction of sp³-hybridized carbons (Fsp3) is 0.311. The van der Waals surface area contributed by atoms with Gasteiger partial charge in [0, 0.05) is 124 Å². The Morgan fingerprint density at radius 2 is 0.691 bits per heavy atom. The molecule has 12 rings (SSSR count). The van der Waals surface area contributed by atoms with E-state index in [4.69, 9.17) is 34.8 Å². The third-order valence-electron chi connectivity index (χ3n) is 15.9. The Kier molecular flexibility index (Phi) is 22.9. The van der Waals surface area contributed by atoms with Gasteiger partial charge in [-0.25, -0.2) is 13.2 Å². The second kappa shape index (κ2) is 29.9. The van der Waals surface area contributed by atoms with E-state index < -0.39 is 102 Å². The molecule has 3 aliphatic heterocycles. The maximum Gasteiger partial charge on any atom is 0.280 e. The Hall–Kier alpha value is -6.93. The number of benzene rings is 3. The molecule has 9 heterocycles. The average Bonchev–Trinajstić information content (AvgIpc) is 1.78. The Morgan fingerprint density at radius 1 is 0.443 bits per heavy atom. The lowest BCUT2D eigenvalue weighted by Crippen LogP contribution is -2.55. The van der Waals surface area contributed by atoms with Crippen LogP contribution in [0.25, 0.3) is 31.3 Å². The van der Waals surface area contributed by atoms with Crippen molar-refractivity contribution < 1.29 is 52.8 Å². The van der Waals surface area contributed by atoms with Gasteiger partial charge in [-0.05, 0) is 131 Å². The lowest BCUT2D eigenvalue weighted by molar-refractivity contribution is -0.120. The first-order valence-corrected chi connectivity index (χ1v) is 36.9. The molecule has 0 radical (unpaired) electrons. The van der Waals surface area contributed by atoms with Gasteiger partial charge in [-0.15, -0.1) is 34.0 Å². The van der Waals surface area contributed by atoms with Crippen molar-refractivity contribution in [3.8, 4) is 31.3 Å². The molecule has 3 amide bonds. The number of anilines is 3. The number of rotatable bonds is 12. The van der Waals surface area contributed by atoms with Crippen LogP contribution in [-0.4, -0.2) is 125 Å². The predicted octanol–water partition coefficient (Wildman–Crippen LogP) is 11.0. The Balaban J connectivity index is 0.000000170. The second-order valence-corrected chi connectivity index (χ2v) is 32.5. The number of amides is 3. The van der Waals surface area contributed by atoms with Gasteiger partial charge in [0.2, 0.25) is 17.7 Å². The van der Waals surface area contributed by atoms with Crippen LogP contribution in [0.3, 0.4) is 0 Å². The second-order valence-electron chi connectivity index (χ2n) is 22.7. The number of halogens is 6. The summed E-state index contributed by atoms with van der Waals surface area (Å²) in [5.41, 5.74) is 6.40. The quantitative estimate of drug-likeness (QED) is 0.0666. The van der Waals surface area contributed by atoms with Crippen LogP contribution in [0.1, 0.15) is 76.5 Å². The summed E-state index contributed by atoms with van der Waals surface area (Å²) in [5.74, 6) is -3.39. The van der Waals surface area contributed by atoms with Gasteiger partial charge in [-0.2, -0.15) is 67.6 Å². The molecule has 3 aromatic carbocycles. The molecular weight excluding hydrogens is 1440 g/mol. The maximum absolute atomic E-state index is 13.4. The summed E-state index contributed by atoms with van der Waals surface area (Å²) in [6, 6.07) is 18.1. The van der Waals surface area contributed by atoms with Gasteiger partial charge in [-0.3, -0.25) is 28.4 Å². The lowest BCUT2D eigenvalue weighted by atomic mass is 10.1. The SMILES string of the molecule is C.Cc1nn(C)cc1-c1ccc(C2CC(C(=O)Nc3ccc(F)c(Cl)c3)N(C)S(=O)(=O)N2)s1.Cc1nn(C)cc1-c1ccc([C@@H]2C[C@H](C(=O)Nc3ccc(F)c(Cl)c3)N(C)S(=O)(=O)N2)s1.Cc1nn(C)cc1-c1ccc([C@H]2C[C@@H](C(=O)Nc3ccc(F)c(Cl)c3)N(C)S(=O)(=O)N2)s1. The number of carbonyl (C=O) groups excluding carboxylic acids is 3. The molecule has 3 saturated heterocycles. The van der Waals surface area contributed by atoms with Crippen molar-refractivity contribution in [2.75, 3.05) is 37.1 Å². The van der Waals surface area contributed by atoms with E-state index >= 15 is 0 Å². The number of aromatic nitrogens is 6. The highest BCUT2D eigenvalue weighted by Crippen LogP contribution is 2.41. The van der Waals surface area contributed by atoms with Crippen LogP contribution in [0.4, 0.5) is 30.2 Å². The molecule has 6 N–H and O–H groups in total. The molecule has 6 aromatic heterocycles. The van der Waals surface area contributed by atoms with E-state index in [0.29, 0.717) is 0 Å². The van der Waals surface area contributed by atoms with E-state index in [0.717, 1.165) is 94.1 Å². The third-order valence-corrected chi connectivity index (χ3v) is 25.3. The van der Waals surface area contributed by atoms with Crippen LogP contribution in [0, 0.1) is 38.2 Å². The van der Waals surface area contributed by atoms with E-state index in [1.54, 1.807) is 14.0 Å². The number of nitrogens with zero attached hydrogens (tertiary/aromatic N) is 9. The van der Waals surface area contributed by atoms with E-state index in [1.165, 1.54) is 91.6 Å². The van der Waals surface area contributed by atoms with Crippen molar-refractivity contribution in [3.05, 3.63) is 174 Å². The van der Waals surface area contributed by atoms with Crippen LogP contribution in [-0.2, 0) is 66.2 Å². The molecule has 0 spiro atoms. The number of thiophene rings is 3. The summed E-state index contributed by atoms with van der Waals surface area (Å²) in [5, 5.41) is 20.5. The lowest BCUT2D eigenvalue weighted by Gasteiger charge is -2.35. The summed E-state index contributed by atoms with van der Waals surface area (Å²) in [6.45, 7) is 5.74. The molecule has 0 aliphatic carbocycles. The van der Waals surface area contributed by atoms with E-state index in [-0.39, 0.29) is 58.8 Å². The smallest absolute Gasteiger partial charge is 0.280 e. The summed E-state index contributed by atoms with van der Waals surface area (Å²) >= 11 is 21.7. The molecule has 3 aliphatic rings. The normalized spacial score (nSPS) is 20.7. The summed E-state index contributed by atoms with van der Waals surface area (Å²) in [6.07, 6.45) is 6.41. The van der Waals surface area contributed by atoms with Crippen molar-refractivity contribution in [2.24, 2.45) is 21.1 Å². The number of hydrogen-bond acceptors (Lipinski definition) is 15. The molecule has 0 saturated carbocycles. The largest absolute Gasteiger partial charge is 0.325 e. The van der Waals surface area contributed by atoms with Crippen molar-refractivity contribution >= 4 is 134 Å². The fourth-order valence-electron chi connectivity index (χ4n) is 10.9. The Morgan fingerprint density at radius 3 is 0.907 bits per heavy atom. The minimum absolute atomic E-state index is 0. The van der Waals surface area contributed by atoms with Crippen molar-refractivity contribution in [3.63, 3.8) is 0 Å². The minimum atomic E-state index is -3.89. The number of likely N-dealkylation sites (N-methyl/N-ethyl adjacent to an activating group) is 3. The summed E-state index contributed by atoms with van der Waals surface area (Å²) in [4.78, 5) is 44.0. The number of hydrogen-bond donors (Lipinski definition) is 6. The van der Waals surface area contributed by atoms with E-state index in [2.05, 4.69) is 45.4 Å². The van der Waals surface area contributed by atoms with Gasteiger partial charge in [-0.1, -0.05) is 42.2 Å². The summed E-state index contributed by atoms with van der Waals surface area (Å²) in [7, 11) is -2.12. The number of nitrogens with one attached hydrogen (secondary N) is 6. The average molecular weight is 1510 g/mol. The zero-order valence-electron chi connectivity index (χ0n) is 52.4. The fourth-order valence-corrected chi connectivity index (χ4v) is 18.8. The van der Waals surface area contributed by atoms with Gasteiger partial charge < -0.3 is 16.0 Å². The zero-order chi connectivity index (χ0) is 69.6. The van der Waals surface area contributed by atoms with Gasteiger partial charge in [0.1, 0.15) is 35.6 Å². The van der Waals surface area contributed by atoms with Crippen LogP contribution in [0.2, 0.25) is 15.1 Å². The molecular formula is C61H67Cl3F3N15O9S6. The number of carbonyl (C=O) groups is 3. The maximum atomic E-state index is 13.4. The third kappa shape index (κ3) is 16.9. The van der Waals surface area contributed by atoms with Crippen LogP contribution in [0.15, 0.2) is 110 Å². The first kappa shape index (κ1) is 74.3. The first-order valence-electron chi connectivity index (χ1n) is 29.0. The monoisotopic (exact) mass is 1510 g/mol. The molecule has 97 heavy (non-hydrogen) atoms. The van der Waals surface area contributed by atoms with Gasteiger partial charge >= 0.3 is 0 Å². The topological polar surface area (TPSA) is 289 Å². The van der Waals surface area contributed by atoms with E-state index in [1.807, 2.05) is 96.9 Å². The van der Waals surface area contributed by atoms with Crippen molar-refractivity contribution in [1.29, 1.82) is 0 Å². The first-order chi connectivity index (χ1) is 45.1. The molecule has 9 aromatic rings. The molecule has 2 unspecified atom stereocenters. The van der Waals surface area contributed by atoms with Crippen molar-refractivity contribution in [1.82, 2.24) is 56.4 Å². The van der Waals surface area contributed by atoms with Gasteiger partial charge in [0.15, 0.2) is 0 Å². The van der Waals surface area contributed by atoms with Gasteiger partial charge in [0.25, 0.3) is 30.6 Å². The standard InChI is InChI=1S/3C20H21ClFN5O3S2.CH4/c3*1-11-13(10-26(2)24-11)18-6-7-19(31-18)16-9-17(27(3)32(29,30)25-16)20(28)23-12-4-5-15(22)14(21)8-12;/h3*4-8,10,16-17,25H,9H2,1-3H3,(H,23,28);1H4/t2*16-,17+;;/m10../s1. The van der Waals surface area contributed by atoms with Crippen LogP contribution < -0.4 is 30.1 Å². The van der Waals surface area contributed by atoms with Crippen molar-refractivity contribution in [2.45, 2.75) is 83.7 Å². The van der Waals surface area contributed by atoms with Crippen LogP contribution >= 0.6 is 68.8 Å².